The lowest BCUT2D eigenvalue weighted by Gasteiger charge is -2.54. The fourth-order valence-electron chi connectivity index (χ4n) is 10.2. The van der Waals surface area contributed by atoms with Gasteiger partial charge in [-0.1, -0.05) is 24.3 Å². The summed E-state index contributed by atoms with van der Waals surface area (Å²) in [5, 5.41) is 13.4. The normalized spacial score (nSPS) is 22.6. The number of para-hydroxylation sites is 1. The lowest BCUT2D eigenvalue weighted by molar-refractivity contribution is -0.135. The van der Waals surface area contributed by atoms with Crippen LogP contribution in [0.5, 0.6) is 0 Å². The number of nitrogens with zero attached hydrogens (tertiary/aromatic N) is 9. The largest absolute Gasteiger partial charge is 0.374 e. The number of halogens is 2. The van der Waals surface area contributed by atoms with Gasteiger partial charge in [-0.3, -0.25) is 34.1 Å². The molecule has 2 unspecified atom stereocenters. The SMILES string of the molecule is O=C1CCC(n2c(=O)[nH]c3c(CN4CC5(CCN(Cc6ccc(-n7cc(NC(=O)c8cnn9ccc(N%10C[C@H]%11CC%10CO%11)nc89)c(C(F)F)n7)cc6)CC5)C4)cccc32)C(=O)N1. The number of benzene rings is 2. The number of imide groups is 1. The number of aromatic amines is 1. The second-order valence-electron chi connectivity index (χ2n) is 17.4. The molecule has 3 N–H and O–H groups in total. The number of amides is 3. The Kier molecular flexibility index (Phi) is 9.31. The van der Waals surface area contributed by atoms with Gasteiger partial charge in [-0.15, -0.1) is 0 Å². The molecule has 1 spiro atoms. The highest BCUT2D eigenvalue weighted by molar-refractivity contribution is 6.08. The van der Waals surface area contributed by atoms with Gasteiger partial charge in [0.1, 0.15) is 17.4 Å². The number of H-pyrrole nitrogens is 1. The number of imidazole rings is 1. The van der Waals surface area contributed by atoms with Crippen molar-refractivity contribution in [3.05, 3.63) is 100.0 Å². The summed E-state index contributed by atoms with van der Waals surface area (Å²) < 4.78 is 38.6. The van der Waals surface area contributed by atoms with Crippen LogP contribution in [0.15, 0.2) is 71.9 Å². The average Bonchev–Trinajstić information content (AvgIpc) is 4.10. The molecule has 4 aromatic heterocycles. The predicted molar refractivity (Wildman–Crippen MR) is 221 cm³/mol. The molecule has 0 radical (unpaired) electrons. The zero-order valence-corrected chi connectivity index (χ0v) is 33.7. The first kappa shape index (κ1) is 38.6. The van der Waals surface area contributed by atoms with Crippen molar-refractivity contribution in [3.8, 4) is 5.69 Å². The quantitative estimate of drug-likeness (QED) is 0.171. The van der Waals surface area contributed by atoms with E-state index >= 15 is 0 Å². The Bertz CT molecular complexity index is 2800. The molecule has 3 amide bonds. The van der Waals surface area contributed by atoms with Crippen molar-refractivity contribution in [2.45, 2.75) is 69.8 Å². The minimum atomic E-state index is -2.92. The number of hydrogen-bond donors (Lipinski definition) is 3. The molecule has 11 rings (SSSR count). The molecule has 9 heterocycles. The molecule has 6 aromatic rings. The zero-order chi connectivity index (χ0) is 42.3. The summed E-state index contributed by atoms with van der Waals surface area (Å²) in [5.41, 5.74) is 3.83. The maximum atomic E-state index is 14.3. The van der Waals surface area contributed by atoms with E-state index in [0.717, 1.165) is 75.2 Å². The van der Waals surface area contributed by atoms with Crippen LogP contribution in [0, 0.1) is 5.41 Å². The highest BCUT2D eigenvalue weighted by atomic mass is 19.3. The van der Waals surface area contributed by atoms with Crippen LogP contribution < -0.4 is 21.2 Å². The second kappa shape index (κ2) is 14.9. The van der Waals surface area contributed by atoms with Gasteiger partial charge in [0.2, 0.25) is 11.8 Å². The van der Waals surface area contributed by atoms with Gasteiger partial charge >= 0.3 is 5.69 Å². The first-order valence-electron chi connectivity index (χ1n) is 21.1. The van der Waals surface area contributed by atoms with Crippen LogP contribution in [-0.4, -0.2) is 113 Å². The molecular weight excluding hydrogens is 803 g/mol. The highest BCUT2D eigenvalue weighted by Gasteiger charge is 2.45. The molecule has 5 fully saturated rings. The van der Waals surface area contributed by atoms with E-state index in [1.165, 1.54) is 26.2 Å². The van der Waals surface area contributed by atoms with E-state index in [4.69, 9.17) is 9.72 Å². The van der Waals surface area contributed by atoms with Crippen LogP contribution in [0.25, 0.3) is 22.4 Å². The Balaban J connectivity index is 0.701. The van der Waals surface area contributed by atoms with Gasteiger partial charge in [-0.05, 0) is 79.6 Å². The first-order valence-corrected chi connectivity index (χ1v) is 21.1. The summed E-state index contributed by atoms with van der Waals surface area (Å²) in [5.74, 6) is -0.664. The summed E-state index contributed by atoms with van der Waals surface area (Å²) in [4.78, 5) is 65.5. The number of alkyl halides is 2. The molecular formula is C43H44F2N12O5. The van der Waals surface area contributed by atoms with Gasteiger partial charge in [-0.25, -0.2) is 27.8 Å². The molecule has 0 aliphatic carbocycles. The van der Waals surface area contributed by atoms with E-state index in [2.05, 4.69) is 40.5 Å². The molecule has 320 valence electrons. The third kappa shape index (κ3) is 6.83. The van der Waals surface area contributed by atoms with Crippen LogP contribution in [0.3, 0.4) is 0 Å². The average molecular weight is 847 g/mol. The van der Waals surface area contributed by atoms with Gasteiger partial charge in [0.15, 0.2) is 11.3 Å². The van der Waals surface area contributed by atoms with Gasteiger partial charge in [0, 0.05) is 45.3 Å². The minimum Gasteiger partial charge on any atom is -0.374 e. The van der Waals surface area contributed by atoms with Gasteiger partial charge in [0.05, 0.1) is 53.6 Å². The summed E-state index contributed by atoms with van der Waals surface area (Å²) in [6.07, 6.45) is 5.33. The third-order valence-corrected chi connectivity index (χ3v) is 13.4. The number of carbonyl (C=O) groups excluding carboxylic acids is 3. The number of carbonyl (C=O) groups is 3. The Labute approximate surface area is 352 Å². The van der Waals surface area contributed by atoms with E-state index in [1.807, 2.05) is 48.5 Å². The van der Waals surface area contributed by atoms with Gasteiger partial charge in [-0.2, -0.15) is 10.2 Å². The molecule has 5 aliphatic rings. The number of rotatable bonds is 10. The van der Waals surface area contributed by atoms with Crippen LogP contribution in [0.2, 0.25) is 0 Å². The summed E-state index contributed by atoms with van der Waals surface area (Å²) in [6.45, 7) is 6.62. The lowest BCUT2D eigenvalue weighted by atomic mass is 9.72. The molecule has 2 bridgehead atoms. The van der Waals surface area contributed by atoms with Crippen molar-refractivity contribution in [1.82, 2.24) is 49.0 Å². The molecule has 5 saturated heterocycles. The maximum absolute atomic E-state index is 14.3. The molecule has 3 atom stereocenters. The van der Waals surface area contributed by atoms with Crippen molar-refractivity contribution < 1.29 is 27.9 Å². The van der Waals surface area contributed by atoms with Crippen molar-refractivity contribution in [2.24, 2.45) is 5.41 Å². The van der Waals surface area contributed by atoms with E-state index < -0.39 is 30.0 Å². The minimum absolute atomic E-state index is 0.0914. The van der Waals surface area contributed by atoms with Crippen LogP contribution in [0.1, 0.15) is 71.8 Å². The van der Waals surface area contributed by atoms with Crippen LogP contribution in [-0.2, 0) is 27.4 Å². The molecule has 0 saturated carbocycles. The van der Waals surface area contributed by atoms with E-state index in [1.54, 1.807) is 6.20 Å². The number of likely N-dealkylation sites (tertiary alicyclic amines) is 2. The van der Waals surface area contributed by atoms with Crippen LogP contribution in [0.4, 0.5) is 20.3 Å². The Morgan fingerprint density at radius 2 is 1.84 bits per heavy atom. The monoisotopic (exact) mass is 846 g/mol. The summed E-state index contributed by atoms with van der Waals surface area (Å²) in [6, 6.07) is 14.8. The number of hydrogen-bond acceptors (Lipinski definition) is 11. The molecule has 19 heteroatoms. The zero-order valence-electron chi connectivity index (χ0n) is 33.7. The Hall–Kier alpha value is -6.31. The number of aromatic nitrogens is 7. The smallest absolute Gasteiger partial charge is 0.327 e. The molecule has 2 aromatic carbocycles. The second-order valence-corrected chi connectivity index (χ2v) is 17.4. The van der Waals surface area contributed by atoms with Crippen LogP contribution >= 0.6 is 0 Å². The topological polar surface area (TPSA) is 180 Å². The molecule has 17 nitrogen and oxygen atoms in total. The van der Waals surface area contributed by atoms with Crippen molar-refractivity contribution in [2.75, 3.05) is 49.5 Å². The number of nitrogens with one attached hydrogen (secondary N) is 3. The number of piperidine rings is 2. The molecule has 62 heavy (non-hydrogen) atoms. The number of ether oxygens (including phenoxy) is 1. The van der Waals surface area contributed by atoms with Crippen molar-refractivity contribution in [3.63, 3.8) is 0 Å². The fourth-order valence-corrected chi connectivity index (χ4v) is 10.2. The van der Waals surface area contributed by atoms with Gasteiger partial charge < -0.3 is 19.9 Å². The van der Waals surface area contributed by atoms with E-state index in [-0.39, 0.29) is 46.8 Å². The summed E-state index contributed by atoms with van der Waals surface area (Å²) >= 11 is 0. The number of fused-ring (bicyclic) bond motifs is 4. The van der Waals surface area contributed by atoms with Gasteiger partial charge in [0.25, 0.3) is 12.3 Å². The van der Waals surface area contributed by atoms with Crippen molar-refractivity contribution >= 4 is 45.9 Å². The standard InChI is InChI=1S/C43H44F2N12O5/c44-38(45)37-31(47-40(59)30-17-46-55-13-10-34(48-39(30)55)54-20-29-16-28(54)22-62-29)21-56(51-37)27-6-4-25(5-7-27)18-52-14-11-43(12-15-52)23-53(24-43)19-26-2-1-3-32-36(26)50-42(61)57(32)33-8-9-35(58)49-41(33)60/h1-7,10,13,17,21,28-29,33,38H,8-9,11-12,14-16,18-20,22-24H2,(H,47,59)(H,50,61)(H,49,58,60)/t28?,29-,33?/m1/s1. The Morgan fingerprint density at radius 3 is 2.58 bits per heavy atom. The van der Waals surface area contributed by atoms with E-state index in [9.17, 15) is 28.0 Å². The number of morpholine rings is 1. The third-order valence-electron chi connectivity index (χ3n) is 13.4. The maximum Gasteiger partial charge on any atom is 0.327 e. The highest BCUT2D eigenvalue weighted by Crippen LogP contribution is 2.42. The fraction of sp³-hybridized carbons (Fsp3) is 0.419. The predicted octanol–water partition coefficient (Wildman–Crippen LogP) is 3.80. The Morgan fingerprint density at radius 1 is 1.02 bits per heavy atom. The summed E-state index contributed by atoms with van der Waals surface area (Å²) in [7, 11) is 0. The first-order chi connectivity index (χ1) is 30.1. The molecule has 5 aliphatic heterocycles. The number of anilines is 2. The lowest BCUT2D eigenvalue weighted by Crippen LogP contribution is -2.59. The van der Waals surface area contributed by atoms with Crippen molar-refractivity contribution in [1.29, 1.82) is 0 Å². The van der Waals surface area contributed by atoms with E-state index in [0.29, 0.717) is 42.2 Å².